The topological polar surface area (TPSA) is 22.1 Å². The summed E-state index contributed by atoms with van der Waals surface area (Å²) in [6.45, 7) is 0.495. The first-order valence-electron chi connectivity index (χ1n) is 5.65. The molecule has 0 saturated heterocycles. The number of pyridine rings is 1. The van der Waals surface area contributed by atoms with Crippen LogP contribution in [-0.2, 0) is 12.3 Å². The lowest BCUT2D eigenvalue weighted by Crippen LogP contribution is -2.02. The molecule has 1 aromatic heterocycles. The van der Waals surface area contributed by atoms with Crippen LogP contribution in [0, 0.1) is 5.82 Å². The summed E-state index contributed by atoms with van der Waals surface area (Å²) in [7, 11) is 0. The fourth-order valence-corrected chi connectivity index (χ4v) is 1.77. The number of ether oxygens (including phenoxy) is 1. The van der Waals surface area contributed by atoms with Crippen LogP contribution in [0.15, 0.2) is 42.7 Å². The van der Waals surface area contributed by atoms with Crippen LogP contribution >= 0.6 is 11.6 Å². The number of rotatable bonds is 5. The fraction of sp³-hybridized carbons (Fsp3) is 0.214. The van der Waals surface area contributed by atoms with E-state index in [9.17, 15) is 4.39 Å². The van der Waals surface area contributed by atoms with E-state index in [2.05, 4.69) is 4.98 Å². The molecule has 0 saturated carbocycles. The average Bonchev–Trinajstić information content (AvgIpc) is 2.39. The molecule has 0 radical (unpaired) electrons. The normalized spacial score (nSPS) is 10.3. The minimum absolute atomic E-state index is 0.276. The molecular weight excluding hydrogens is 253 g/mol. The SMILES string of the molecule is Fc1cc(CCl)cc(OCCc2ccncc2)c1. The molecule has 0 aliphatic rings. The molecule has 1 heterocycles. The van der Waals surface area contributed by atoms with Crippen LogP contribution in [0.3, 0.4) is 0 Å². The van der Waals surface area contributed by atoms with Crippen LogP contribution in [0.1, 0.15) is 11.1 Å². The zero-order valence-electron chi connectivity index (χ0n) is 9.77. The van der Waals surface area contributed by atoms with Crippen molar-refractivity contribution in [1.82, 2.24) is 4.98 Å². The molecule has 1 aromatic carbocycles. The Morgan fingerprint density at radius 2 is 1.89 bits per heavy atom. The standard InChI is InChI=1S/C14H13ClFNO/c15-10-12-7-13(16)9-14(8-12)18-6-3-11-1-4-17-5-2-11/h1-2,4-5,7-9H,3,6,10H2. The smallest absolute Gasteiger partial charge is 0.127 e. The monoisotopic (exact) mass is 265 g/mol. The van der Waals surface area contributed by atoms with Crippen LogP contribution in [0.2, 0.25) is 0 Å². The van der Waals surface area contributed by atoms with Gasteiger partial charge in [0.2, 0.25) is 0 Å². The highest BCUT2D eigenvalue weighted by molar-refractivity contribution is 6.17. The van der Waals surface area contributed by atoms with Crippen molar-refractivity contribution in [2.24, 2.45) is 0 Å². The van der Waals surface area contributed by atoms with E-state index in [1.54, 1.807) is 18.5 Å². The summed E-state index contributed by atoms with van der Waals surface area (Å²) in [5.41, 5.74) is 1.86. The van der Waals surface area contributed by atoms with Gasteiger partial charge in [-0.1, -0.05) is 0 Å². The Bertz CT molecular complexity index is 504. The summed E-state index contributed by atoms with van der Waals surface area (Å²) in [6, 6.07) is 8.38. The Morgan fingerprint density at radius 1 is 1.11 bits per heavy atom. The van der Waals surface area contributed by atoms with Crippen molar-refractivity contribution in [3.8, 4) is 5.75 Å². The van der Waals surface area contributed by atoms with Gasteiger partial charge < -0.3 is 4.74 Å². The molecule has 94 valence electrons. The van der Waals surface area contributed by atoms with Gasteiger partial charge >= 0.3 is 0 Å². The van der Waals surface area contributed by atoms with Crippen LogP contribution in [0.25, 0.3) is 0 Å². The number of halogens is 2. The van der Waals surface area contributed by atoms with Gasteiger partial charge in [-0.2, -0.15) is 0 Å². The Morgan fingerprint density at radius 3 is 2.61 bits per heavy atom. The second-order valence-electron chi connectivity index (χ2n) is 3.88. The van der Waals surface area contributed by atoms with Gasteiger partial charge in [0.1, 0.15) is 11.6 Å². The molecule has 0 N–H and O–H groups in total. The highest BCUT2D eigenvalue weighted by Gasteiger charge is 2.01. The van der Waals surface area contributed by atoms with Gasteiger partial charge in [0.15, 0.2) is 0 Å². The molecule has 0 fully saturated rings. The Kier molecular flexibility index (Phi) is 4.53. The van der Waals surface area contributed by atoms with Crippen LogP contribution in [-0.4, -0.2) is 11.6 Å². The molecular formula is C14H13ClFNO. The Hall–Kier alpha value is -1.61. The summed E-state index contributed by atoms with van der Waals surface area (Å²) >= 11 is 5.67. The minimum atomic E-state index is -0.327. The van der Waals surface area contributed by atoms with E-state index in [4.69, 9.17) is 16.3 Å². The lowest BCUT2D eigenvalue weighted by atomic mass is 10.2. The van der Waals surface area contributed by atoms with Gasteiger partial charge in [-0.3, -0.25) is 4.98 Å². The number of aromatic nitrogens is 1. The van der Waals surface area contributed by atoms with Crippen molar-refractivity contribution in [3.63, 3.8) is 0 Å². The summed E-state index contributed by atoms with van der Waals surface area (Å²) in [5.74, 6) is 0.463. The molecule has 2 rings (SSSR count). The first-order chi connectivity index (χ1) is 8.78. The maximum Gasteiger partial charge on any atom is 0.127 e. The highest BCUT2D eigenvalue weighted by atomic mass is 35.5. The molecule has 0 aliphatic carbocycles. The van der Waals surface area contributed by atoms with E-state index >= 15 is 0 Å². The van der Waals surface area contributed by atoms with Crippen LogP contribution < -0.4 is 4.74 Å². The lowest BCUT2D eigenvalue weighted by molar-refractivity contribution is 0.320. The zero-order valence-corrected chi connectivity index (χ0v) is 10.5. The van der Waals surface area contributed by atoms with E-state index in [-0.39, 0.29) is 11.7 Å². The van der Waals surface area contributed by atoms with E-state index in [0.29, 0.717) is 12.4 Å². The van der Waals surface area contributed by atoms with Gasteiger partial charge in [-0.25, -0.2) is 4.39 Å². The number of nitrogens with zero attached hydrogens (tertiary/aromatic N) is 1. The second kappa shape index (κ2) is 6.36. The average molecular weight is 266 g/mol. The van der Waals surface area contributed by atoms with Crippen molar-refractivity contribution < 1.29 is 9.13 Å². The van der Waals surface area contributed by atoms with E-state index in [1.165, 1.54) is 12.1 Å². The third-order valence-corrected chi connectivity index (χ3v) is 2.80. The van der Waals surface area contributed by atoms with Crippen molar-refractivity contribution in [1.29, 1.82) is 0 Å². The third-order valence-electron chi connectivity index (χ3n) is 2.49. The van der Waals surface area contributed by atoms with E-state index in [0.717, 1.165) is 17.5 Å². The first kappa shape index (κ1) is 12.8. The van der Waals surface area contributed by atoms with E-state index in [1.807, 2.05) is 12.1 Å². The third kappa shape index (κ3) is 3.70. The summed E-state index contributed by atoms with van der Waals surface area (Å²) < 4.78 is 18.7. The first-order valence-corrected chi connectivity index (χ1v) is 6.18. The minimum Gasteiger partial charge on any atom is -0.493 e. The molecule has 0 unspecified atom stereocenters. The molecule has 0 aliphatic heterocycles. The molecule has 2 aromatic rings. The fourth-order valence-electron chi connectivity index (χ4n) is 1.62. The molecule has 18 heavy (non-hydrogen) atoms. The number of hydrogen-bond acceptors (Lipinski definition) is 2. The zero-order chi connectivity index (χ0) is 12.8. The quantitative estimate of drug-likeness (QED) is 0.771. The van der Waals surface area contributed by atoms with Gasteiger partial charge in [0.05, 0.1) is 6.61 Å². The largest absolute Gasteiger partial charge is 0.493 e. The molecule has 2 nitrogen and oxygen atoms in total. The predicted molar refractivity (Wildman–Crippen MR) is 69.4 cm³/mol. The van der Waals surface area contributed by atoms with Gasteiger partial charge in [-0.05, 0) is 35.4 Å². The van der Waals surface area contributed by atoms with Crippen molar-refractivity contribution in [2.45, 2.75) is 12.3 Å². The van der Waals surface area contributed by atoms with Crippen LogP contribution in [0.4, 0.5) is 4.39 Å². The maximum absolute atomic E-state index is 13.2. The Balaban J connectivity index is 1.92. The van der Waals surface area contributed by atoms with Gasteiger partial charge in [0.25, 0.3) is 0 Å². The molecule has 0 spiro atoms. The summed E-state index contributed by atoms with van der Waals surface area (Å²) in [5, 5.41) is 0. The maximum atomic E-state index is 13.2. The van der Waals surface area contributed by atoms with Crippen molar-refractivity contribution in [2.75, 3.05) is 6.61 Å². The highest BCUT2D eigenvalue weighted by Crippen LogP contribution is 2.18. The number of benzene rings is 1. The van der Waals surface area contributed by atoms with Crippen molar-refractivity contribution >= 4 is 11.6 Å². The number of hydrogen-bond donors (Lipinski definition) is 0. The lowest BCUT2D eigenvalue weighted by Gasteiger charge is -2.07. The Labute approximate surface area is 110 Å². The predicted octanol–water partition coefficient (Wildman–Crippen LogP) is 3.58. The van der Waals surface area contributed by atoms with Gasteiger partial charge in [0, 0.05) is 30.8 Å². The van der Waals surface area contributed by atoms with Crippen molar-refractivity contribution in [3.05, 3.63) is 59.7 Å². The summed E-state index contributed by atoms with van der Waals surface area (Å²) in [4.78, 5) is 3.94. The summed E-state index contributed by atoms with van der Waals surface area (Å²) in [6.07, 6.45) is 4.24. The van der Waals surface area contributed by atoms with E-state index < -0.39 is 0 Å². The van der Waals surface area contributed by atoms with Gasteiger partial charge in [-0.15, -0.1) is 11.6 Å². The molecule has 0 amide bonds. The molecule has 0 bridgehead atoms. The molecule has 0 atom stereocenters. The second-order valence-corrected chi connectivity index (χ2v) is 4.15. The number of alkyl halides is 1. The molecule has 4 heteroatoms. The van der Waals surface area contributed by atoms with Crippen LogP contribution in [0.5, 0.6) is 5.75 Å².